The SMILES string of the molecule is CC(C)(C)C(=O)c1c[nH]c(C(=O)O)c1. The van der Waals surface area contributed by atoms with Crippen molar-refractivity contribution in [1.82, 2.24) is 4.98 Å². The van der Waals surface area contributed by atoms with Crippen LogP contribution in [-0.4, -0.2) is 21.8 Å². The lowest BCUT2D eigenvalue weighted by molar-refractivity contribution is 0.0691. The summed E-state index contributed by atoms with van der Waals surface area (Å²) in [7, 11) is 0. The largest absolute Gasteiger partial charge is 0.477 e. The zero-order valence-corrected chi connectivity index (χ0v) is 8.42. The number of carbonyl (C=O) groups is 2. The molecule has 0 saturated carbocycles. The summed E-state index contributed by atoms with van der Waals surface area (Å²) >= 11 is 0. The molecule has 4 heteroatoms. The van der Waals surface area contributed by atoms with Crippen molar-refractivity contribution in [2.24, 2.45) is 5.41 Å². The maximum atomic E-state index is 11.7. The molecule has 0 unspecified atom stereocenters. The molecule has 14 heavy (non-hydrogen) atoms. The van der Waals surface area contributed by atoms with Gasteiger partial charge in [0.25, 0.3) is 0 Å². The van der Waals surface area contributed by atoms with Gasteiger partial charge in [0.15, 0.2) is 5.78 Å². The fourth-order valence-electron chi connectivity index (χ4n) is 1.08. The molecule has 0 spiro atoms. The van der Waals surface area contributed by atoms with Crippen LogP contribution in [0.25, 0.3) is 0 Å². The summed E-state index contributed by atoms with van der Waals surface area (Å²) in [6.45, 7) is 5.38. The fraction of sp³-hybridized carbons (Fsp3) is 0.400. The van der Waals surface area contributed by atoms with Crippen molar-refractivity contribution in [2.45, 2.75) is 20.8 Å². The highest BCUT2D eigenvalue weighted by Gasteiger charge is 2.24. The van der Waals surface area contributed by atoms with Crippen LogP contribution < -0.4 is 0 Å². The number of aromatic carboxylic acids is 1. The third kappa shape index (κ3) is 2.02. The van der Waals surface area contributed by atoms with Gasteiger partial charge in [-0.15, -0.1) is 0 Å². The van der Waals surface area contributed by atoms with Crippen LogP contribution >= 0.6 is 0 Å². The number of rotatable bonds is 2. The zero-order chi connectivity index (χ0) is 10.9. The van der Waals surface area contributed by atoms with E-state index in [1.807, 2.05) is 0 Å². The van der Waals surface area contributed by atoms with Crippen molar-refractivity contribution in [1.29, 1.82) is 0 Å². The van der Waals surface area contributed by atoms with E-state index in [4.69, 9.17) is 5.11 Å². The summed E-state index contributed by atoms with van der Waals surface area (Å²) in [5, 5.41) is 8.64. The molecule has 0 aliphatic carbocycles. The molecule has 0 bridgehead atoms. The van der Waals surface area contributed by atoms with E-state index < -0.39 is 11.4 Å². The number of hydrogen-bond donors (Lipinski definition) is 2. The lowest BCUT2D eigenvalue weighted by Crippen LogP contribution is -2.19. The van der Waals surface area contributed by atoms with Gasteiger partial charge in [-0.1, -0.05) is 20.8 Å². The summed E-state index contributed by atoms with van der Waals surface area (Å²) in [4.78, 5) is 24.8. The van der Waals surface area contributed by atoms with E-state index in [0.717, 1.165) is 0 Å². The number of ketones is 1. The highest BCUT2D eigenvalue weighted by Crippen LogP contribution is 2.21. The number of carboxylic acids is 1. The summed E-state index contributed by atoms with van der Waals surface area (Å²) in [5.41, 5.74) is -0.0367. The summed E-state index contributed by atoms with van der Waals surface area (Å²) in [6, 6.07) is 1.36. The second-order valence-corrected chi connectivity index (χ2v) is 4.19. The Morgan fingerprint density at radius 1 is 1.36 bits per heavy atom. The molecule has 0 aliphatic rings. The smallest absolute Gasteiger partial charge is 0.352 e. The molecule has 1 rings (SSSR count). The Hall–Kier alpha value is -1.58. The third-order valence-corrected chi connectivity index (χ3v) is 1.86. The maximum Gasteiger partial charge on any atom is 0.352 e. The van der Waals surface area contributed by atoms with Crippen LogP contribution in [0.5, 0.6) is 0 Å². The minimum Gasteiger partial charge on any atom is -0.477 e. The summed E-state index contributed by atoms with van der Waals surface area (Å²) < 4.78 is 0. The van der Waals surface area contributed by atoms with Gasteiger partial charge < -0.3 is 10.1 Å². The number of nitrogens with one attached hydrogen (secondary N) is 1. The summed E-state index contributed by atoms with van der Waals surface area (Å²) in [6.07, 6.45) is 1.43. The van der Waals surface area contributed by atoms with Gasteiger partial charge in [0, 0.05) is 17.2 Å². The Balaban J connectivity index is 2.99. The molecule has 0 aromatic carbocycles. The molecule has 2 N–H and O–H groups in total. The second-order valence-electron chi connectivity index (χ2n) is 4.19. The molecule has 1 heterocycles. The Labute approximate surface area is 81.9 Å². The molecular weight excluding hydrogens is 182 g/mol. The Morgan fingerprint density at radius 2 is 1.93 bits per heavy atom. The monoisotopic (exact) mass is 195 g/mol. The number of Topliss-reactive ketones (excluding diaryl/α,β-unsaturated/α-hetero) is 1. The van der Waals surface area contributed by atoms with Crippen LogP contribution in [0.4, 0.5) is 0 Å². The average molecular weight is 195 g/mol. The van der Waals surface area contributed by atoms with Crippen LogP contribution in [-0.2, 0) is 0 Å². The van der Waals surface area contributed by atoms with Gasteiger partial charge in [0.2, 0.25) is 0 Å². The Morgan fingerprint density at radius 3 is 2.29 bits per heavy atom. The average Bonchev–Trinajstić information content (AvgIpc) is 2.48. The van der Waals surface area contributed by atoms with Gasteiger partial charge in [0.1, 0.15) is 5.69 Å². The van der Waals surface area contributed by atoms with Gasteiger partial charge in [-0.2, -0.15) is 0 Å². The van der Waals surface area contributed by atoms with Crippen molar-refractivity contribution >= 4 is 11.8 Å². The molecule has 0 fully saturated rings. The first-order valence-electron chi connectivity index (χ1n) is 4.29. The minimum atomic E-state index is -1.06. The highest BCUT2D eigenvalue weighted by molar-refractivity contribution is 6.01. The van der Waals surface area contributed by atoms with E-state index in [2.05, 4.69) is 4.98 Å². The predicted molar refractivity (Wildman–Crippen MR) is 51.5 cm³/mol. The molecule has 0 amide bonds. The number of hydrogen-bond acceptors (Lipinski definition) is 2. The van der Waals surface area contributed by atoms with Crippen LogP contribution in [0.1, 0.15) is 41.6 Å². The number of aromatic amines is 1. The number of aromatic nitrogens is 1. The first kappa shape index (κ1) is 10.5. The highest BCUT2D eigenvalue weighted by atomic mass is 16.4. The lowest BCUT2D eigenvalue weighted by atomic mass is 9.87. The molecule has 76 valence electrons. The minimum absolute atomic E-state index is 0.0394. The Bertz CT molecular complexity index is 371. The quantitative estimate of drug-likeness (QED) is 0.708. The third-order valence-electron chi connectivity index (χ3n) is 1.86. The Kier molecular flexibility index (Phi) is 2.47. The molecule has 0 atom stereocenters. The fourth-order valence-corrected chi connectivity index (χ4v) is 1.08. The predicted octanol–water partition coefficient (Wildman–Crippen LogP) is 1.94. The first-order valence-corrected chi connectivity index (χ1v) is 4.29. The number of H-pyrrole nitrogens is 1. The summed E-state index contributed by atoms with van der Waals surface area (Å²) in [5.74, 6) is -1.13. The zero-order valence-electron chi connectivity index (χ0n) is 8.42. The molecule has 1 aromatic heterocycles. The topological polar surface area (TPSA) is 70.2 Å². The van der Waals surface area contributed by atoms with Crippen molar-refractivity contribution in [3.8, 4) is 0 Å². The molecule has 0 aliphatic heterocycles. The second kappa shape index (κ2) is 3.29. The number of carbonyl (C=O) groups excluding carboxylic acids is 1. The van der Waals surface area contributed by atoms with Gasteiger partial charge in [-0.25, -0.2) is 4.79 Å². The standard InChI is InChI=1S/C10H13NO3/c1-10(2,3)8(12)6-4-7(9(13)14)11-5-6/h4-5,11H,1-3H3,(H,13,14). The van der Waals surface area contributed by atoms with Gasteiger partial charge in [0.05, 0.1) is 0 Å². The van der Waals surface area contributed by atoms with Crippen LogP contribution in [0.2, 0.25) is 0 Å². The van der Waals surface area contributed by atoms with Crippen LogP contribution in [0, 0.1) is 5.41 Å². The normalized spacial score (nSPS) is 11.4. The van der Waals surface area contributed by atoms with Crippen LogP contribution in [0.15, 0.2) is 12.3 Å². The molecule has 4 nitrogen and oxygen atoms in total. The number of carboxylic acid groups (broad SMARTS) is 1. The van der Waals surface area contributed by atoms with Crippen molar-refractivity contribution < 1.29 is 14.7 Å². The lowest BCUT2D eigenvalue weighted by Gasteiger charge is -2.14. The van der Waals surface area contributed by atoms with E-state index in [1.165, 1.54) is 12.3 Å². The molecule has 0 saturated heterocycles. The van der Waals surface area contributed by atoms with Crippen molar-refractivity contribution in [3.05, 3.63) is 23.5 Å². The van der Waals surface area contributed by atoms with Crippen molar-refractivity contribution in [3.63, 3.8) is 0 Å². The molecule has 1 aromatic rings. The van der Waals surface area contributed by atoms with E-state index in [9.17, 15) is 9.59 Å². The van der Waals surface area contributed by atoms with Gasteiger partial charge >= 0.3 is 5.97 Å². The van der Waals surface area contributed by atoms with Gasteiger partial charge in [-0.05, 0) is 6.07 Å². The van der Waals surface area contributed by atoms with Crippen molar-refractivity contribution in [2.75, 3.05) is 0 Å². The van der Waals surface area contributed by atoms with E-state index in [-0.39, 0.29) is 11.5 Å². The first-order chi connectivity index (χ1) is 6.32. The van der Waals surface area contributed by atoms with Gasteiger partial charge in [-0.3, -0.25) is 4.79 Å². The van der Waals surface area contributed by atoms with E-state index in [0.29, 0.717) is 5.56 Å². The molecule has 0 radical (unpaired) electrons. The maximum absolute atomic E-state index is 11.7. The molecular formula is C10H13NO3. The van der Waals surface area contributed by atoms with E-state index in [1.54, 1.807) is 20.8 Å². The van der Waals surface area contributed by atoms with E-state index >= 15 is 0 Å². The van der Waals surface area contributed by atoms with Crippen LogP contribution in [0.3, 0.4) is 0 Å².